The molecule has 0 amide bonds. The Morgan fingerprint density at radius 3 is 2.70 bits per heavy atom. The Balaban J connectivity index is 2.17. The highest BCUT2D eigenvalue weighted by Gasteiger charge is 2.20. The summed E-state index contributed by atoms with van der Waals surface area (Å²) in [5, 5.41) is 11.2. The maximum Gasteiger partial charge on any atom is 0.306 e. The molecule has 0 aliphatic heterocycles. The Bertz CT molecular complexity index is 733. The van der Waals surface area contributed by atoms with Crippen molar-refractivity contribution in [3.8, 4) is 0 Å². The maximum atomic E-state index is 11.6. The first-order valence-electron chi connectivity index (χ1n) is 9.70. The van der Waals surface area contributed by atoms with Crippen molar-refractivity contribution in [1.82, 2.24) is 9.55 Å². The number of thioether (sulfide) groups is 1. The highest BCUT2D eigenvalue weighted by molar-refractivity contribution is 7.99. The molecule has 0 radical (unpaired) electrons. The quantitative estimate of drug-likeness (QED) is 0.350. The molecule has 0 spiro atoms. The molecule has 0 saturated heterocycles. The van der Waals surface area contributed by atoms with E-state index < -0.39 is 5.97 Å². The van der Waals surface area contributed by atoms with Crippen LogP contribution >= 0.6 is 23.4 Å². The van der Waals surface area contributed by atoms with Crippen LogP contribution in [0.1, 0.15) is 57.2 Å². The molecule has 0 fully saturated rings. The average molecular weight is 409 g/mol. The van der Waals surface area contributed by atoms with Crippen LogP contribution in [0.25, 0.3) is 0 Å². The van der Waals surface area contributed by atoms with Crippen LogP contribution in [0, 0.1) is 5.92 Å². The van der Waals surface area contributed by atoms with Crippen molar-refractivity contribution in [1.29, 1.82) is 0 Å². The molecule has 1 atom stereocenters. The van der Waals surface area contributed by atoms with Gasteiger partial charge in [-0.15, -0.1) is 0 Å². The molecule has 0 saturated carbocycles. The predicted octanol–water partition coefficient (Wildman–Crippen LogP) is 5.91. The van der Waals surface area contributed by atoms with Crippen molar-refractivity contribution in [3.05, 3.63) is 46.7 Å². The first-order chi connectivity index (χ1) is 13.0. The Morgan fingerprint density at radius 2 is 2.04 bits per heavy atom. The van der Waals surface area contributed by atoms with Gasteiger partial charge in [-0.3, -0.25) is 4.79 Å². The largest absolute Gasteiger partial charge is 0.481 e. The van der Waals surface area contributed by atoms with Crippen molar-refractivity contribution in [2.75, 3.05) is 5.75 Å². The summed E-state index contributed by atoms with van der Waals surface area (Å²) in [7, 11) is 0. The van der Waals surface area contributed by atoms with Crippen LogP contribution in [0.3, 0.4) is 0 Å². The minimum Gasteiger partial charge on any atom is -0.481 e. The Morgan fingerprint density at radius 1 is 1.26 bits per heavy atom. The number of carboxylic acids is 1. The van der Waals surface area contributed by atoms with E-state index in [-0.39, 0.29) is 5.92 Å². The number of unbranched alkanes of at least 4 members (excludes halogenated alkanes) is 2. The molecule has 1 aromatic carbocycles. The first kappa shape index (κ1) is 21.8. The summed E-state index contributed by atoms with van der Waals surface area (Å²) in [6.45, 7) is 4.92. The Kier molecular flexibility index (Phi) is 9.22. The van der Waals surface area contributed by atoms with Crippen LogP contribution in [-0.2, 0) is 17.8 Å². The highest BCUT2D eigenvalue weighted by Crippen LogP contribution is 2.24. The van der Waals surface area contributed by atoms with Gasteiger partial charge in [0.05, 0.1) is 18.2 Å². The van der Waals surface area contributed by atoms with E-state index in [1.54, 1.807) is 11.8 Å². The highest BCUT2D eigenvalue weighted by atomic mass is 35.5. The molecule has 27 heavy (non-hydrogen) atoms. The van der Waals surface area contributed by atoms with E-state index in [4.69, 9.17) is 16.6 Å². The molecule has 0 bridgehead atoms. The summed E-state index contributed by atoms with van der Waals surface area (Å²) in [5.74, 6) is -0.114. The number of aromatic nitrogens is 2. The standard InChI is InChI=1S/C21H29ClN2O2S/c1-3-5-6-9-16(20(25)26)13-18-15-24(21(23-18)27-12-4-2)14-17-10-7-8-11-19(17)22/h7-8,10-11,15-16H,3-6,9,12-14H2,1-2H3,(H,25,26). The second-order valence-corrected chi connectivity index (χ2v) is 8.29. The zero-order chi connectivity index (χ0) is 19.6. The summed E-state index contributed by atoms with van der Waals surface area (Å²) in [6, 6.07) is 7.81. The van der Waals surface area contributed by atoms with Gasteiger partial charge in [-0.2, -0.15) is 0 Å². The molecule has 6 heteroatoms. The Hall–Kier alpha value is -1.46. The Labute approximate surface area is 171 Å². The molecule has 2 rings (SSSR count). The van der Waals surface area contributed by atoms with Gasteiger partial charge in [0.2, 0.25) is 0 Å². The molecular weight excluding hydrogens is 380 g/mol. The molecule has 4 nitrogen and oxygen atoms in total. The minimum absolute atomic E-state index is 0.371. The summed E-state index contributed by atoms with van der Waals surface area (Å²) in [5.41, 5.74) is 1.89. The van der Waals surface area contributed by atoms with Gasteiger partial charge in [0, 0.05) is 23.4 Å². The van der Waals surface area contributed by atoms with Crippen molar-refractivity contribution in [2.45, 2.75) is 64.1 Å². The summed E-state index contributed by atoms with van der Waals surface area (Å²) < 4.78 is 2.10. The fourth-order valence-corrected chi connectivity index (χ4v) is 4.03. The van der Waals surface area contributed by atoms with E-state index in [9.17, 15) is 9.90 Å². The van der Waals surface area contributed by atoms with Gasteiger partial charge in [-0.1, -0.05) is 74.7 Å². The second kappa shape index (κ2) is 11.4. The molecule has 1 N–H and O–H groups in total. The zero-order valence-corrected chi connectivity index (χ0v) is 17.7. The maximum absolute atomic E-state index is 11.6. The van der Waals surface area contributed by atoms with Crippen LogP contribution in [-0.4, -0.2) is 26.4 Å². The number of rotatable bonds is 12. The lowest BCUT2D eigenvalue weighted by atomic mass is 9.97. The number of aliphatic carboxylic acids is 1. The van der Waals surface area contributed by atoms with Crippen LogP contribution < -0.4 is 0 Å². The minimum atomic E-state index is -0.727. The van der Waals surface area contributed by atoms with E-state index in [2.05, 4.69) is 18.4 Å². The average Bonchev–Trinajstić information content (AvgIpc) is 3.02. The third kappa shape index (κ3) is 6.89. The van der Waals surface area contributed by atoms with Gasteiger partial charge in [0.15, 0.2) is 5.16 Å². The fourth-order valence-electron chi connectivity index (χ4n) is 2.99. The topological polar surface area (TPSA) is 55.1 Å². The normalized spacial score (nSPS) is 12.3. The summed E-state index contributed by atoms with van der Waals surface area (Å²) >= 11 is 8.03. The first-order valence-corrected chi connectivity index (χ1v) is 11.1. The van der Waals surface area contributed by atoms with Gasteiger partial charge in [0.25, 0.3) is 0 Å². The van der Waals surface area contributed by atoms with Crippen molar-refractivity contribution in [2.24, 2.45) is 5.92 Å². The number of benzene rings is 1. The third-order valence-electron chi connectivity index (χ3n) is 4.48. The monoisotopic (exact) mass is 408 g/mol. The predicted molar refractivity (Wildman–Crippen MR) is 113 cm³/mol. The molecule has 148 valence electrons. The van der Waals surface area contributed by atoms with E-state index in [1.807, 2.05) is 30.5 Å². The molecule has 0 aliphatic carbocycles. The van der Waals surface area contributed by atoms with E-state index in [0.717, 1.165) is 52.9 Å². The lowest BCUT2D eigenvalue weighted by Gasteiger charge is -2.10. The molecule has 1 unspecified atom stereocenters. The van der Waals surface area contributed by atoms with E-state index in [1.165, 1.54) is 0 Å². The molecular formula is C21H29ClN2O2S. The lowest BCUT2D eigenvalue weighted by molar-refractivity contribution is -0.142. The third-order valence-corrected chi connectivity index (χ3v) is 6.05. The number of hydrogen-bond donors (Lipinski definition) is 1. The second-order valence-electron chi connectivity index (χ2n) is 6.82. The van der Waals surface area contributed by atoms with E-state index >= 15 is 0 Å². The molecule has 1 aromatic heterocycles. The summed E-state index contributed by atoms with van der Waals surface area (Å²) in [4.78, 5) is 16.4. The van der Waals surface area contributed by atoms with Crippen LogP contribution in [0.2, 0.25) is 5.02 Å². The zero-order valence-electron chi connectivity index (χ0n) is 16.2. The number of nitrogens with zero attached hydrogens (tertiary/aromatic N) is 2. The SMILES string of the molecule is CCCCCC(Cc1cn(Cc2ccccc2Cl)c(SCCC)n1)C(=O)O. The van der Waals surface area contributed by atoms with Gasteiger partial charge in [-0.25, -0.2) is 4.98 Å². The summed E-state index contributed by atoms with van der Waals surface area (Å²) in [6.07, 6.45) is 7.36. The van der Waals surface area contributed by atoms with E-state index in [0.29, 0.717) is 19.4 Å². The van der Waals surface area contributed by atoms with Gasteiger partial charge in [-0.05, 0) is 24.5 Å². The molecule has 2 aromatic rings. The molecule has 0 aliphatic rings. The number of imidazole rings is 1. The van der Waals surface area contributed by atoms with Crippen LogP contribution in [0.4, 0.5) is 0 Å². The fraction of sp³-hybridized carbons (Fsp3) is 0.524. The smallest absolute Gasteiger partial charge is 0.306 e. The number of carbonyl (C=O) groups is 1. The van der Waals surface area contributed by atoms with Crippen molar-refractivity contribution in [3.63, 3.8) is 0 Å². The van der Waals surface area contributed by atoms with Gasteiger partial charge in [0.1, 0.15) is 0 Å². The van der Waals surface area contributed by atoms with Crippen LogP contribution in [0.15, 0.2) is 35.6 Å². The van der Waals surface area contributed by atoms with Crippen molar-refractivity contribution < 1.29 is 9.90 Å². The number of carboxylic acid groups (broad SMARTS) is 1. The number of halogens is 1. The van der Waals surface area contributed by atoms with Gasteiger partial charge < -0.3 is 9.67 Å². The van der Waals surface area contributed by atoms with Crippen LogP contribution in [0.5, 0.6) is 0 Å². The molecule has 1 heterocycles. The lowest BCUT2D eigenvalue weighted by Crippen LogP contribution is -2.16. The van der Waals surface area contributed by atoms with Crippen molar-refractivity contribution >= 4 is 29.3 Å². The number of hydrogen-bond acceptors (Lipinski definition) is 3. The van der Waals surface area contributed by atoms with Gasteiger partial charge >= 0.3 is 5.97 Å².